The highest BCUT2D eigenvalue weighted by molar-refractivity contribution is 5.77. The van der Waals surface area contributed by atoms with Crippen molar-refractivity contribution in [1.29, 1.82) is 0 Å². The van der Waals surface area contributed by atoms with Crippen LogP contribution in [0.3, 0.4) is 0 Å². The Labute approximate surface area is 125 Å². The zero-order chi connectivity index (χ0) is 15.2. The predicted molar refractivity (Wildman–Crippen MR) is 83.2 cm³/mol. The van der Waals surface area contributed by atoms with Crippen LogP contribution in [-0.2, 0) is 9.59 Å². The quantitative estimate of drug-likeness (QED) is 0.834. The number of nitrogens with one attached hydrogen (secondary N) is 1. The second kappa shape index (κ2) is 7.11. The van der Waals surface area contributed by atoms with E-state index in [2.05, 4.69) is 31.3 Å². The van der Waals surface area contributed by atoms with Gasteiger partial charge in [0.15, 0.2) is 0 Å². The summed E-state index contributed by atoms with van der Waals surface area (Å²) in [5.41, 5.74) is 3.51. The maximum absolute atomic E-state index is 12.1. The lowest BCUT2D eigenvalue weighted by Crippen LogP contribution is -2.48. The summed E-state index contributed by atoms with van der Waals surface area (Å²) in [4.78, 5) is 26.3. The fraction of sp³-hybridized carbons (Fsp3) is 0.500. The molecule has 1 aromatic carbocycles. The van der Waals surface area contributed by atoms with E-state index in [0.717, 1.165) is 12.1 Å². The molecule has 0 aliphatic carbocycles. The van der Waals surface area contributed by atoms with Gasteiger partial charge in [-0.2, -0.15) is 0 Å². The van der Waals surface area contributed by atoms with Crippen molar-refractivity contribution in [2.75, 3.05) is 38.0 Å². The lowest BCUT2D eigenvalue weighted by atomic mass is 10.1. The lowest BCUT2D eigenvalue weighted by Gasteiger charge is -2.32. The highest BCUT2D eigenvalue weighted by Gasteiger charge is 2.19. The van der Waals surface area contributed by atoms with Crippen LogP contribution in [0.25, 0.3) is 0 Å². The molecule has 2 amide bonds. The van der Waals surface area contributed by atoms with Gasteiger partial charge in [0.1, 0.15) is 0 Å². The first-order valence-electron chi connectivity index (χ1n) is 7.39. The minimum atomic E-state index is 0.152. The number of carbonyl (C=O) groups is 2. The monoisotopic (exact) mass is 289 g/mol. The average molecular weight is 289 g/mol. The first kappa shape index (κ1) is 15.4. The average Bonchev–Trinajstić information content (AvgIpc) is 2.50. The van der Waals surface area contributed by atoms with Crippen LogP contribution in [0, 0.1) is 13.8 Å². The van der Waals surface area contributed by atoms with Gasteiger partial charge in [0, 0.05) is 44.8 Å². The number of anilines is 1. The molecule has 1 aliphatic heterocycles. The number of rotatable bonds is 5. The van der Waals surface area contributed by atoms with E-state index in [0.29, 0.717) is 39.1 Å². The molecule has 1 heterocycles. The molecular formula is C16H23N3O2. The Morgan fingerprint density at radius 2 is 1.81 bits per heavy atom. The predicted octanol–water partition coefficient (Wildman–Crippen LogP) is 1.41. The van der Waals surface area contributed by atoms with Gasteiger partial charge in [0.25, 0.3) is 0 Å². The number of hydrogen-bond donors (Lipinski definition) is 1. The third-order valence-electron chi connectivity index (χ3n) is 3.94. The Balaban J connectivity index is 1.78. The summed E-state index contributed by atoms with van der Waals surface area (Å²) >= 11 is 0. The van der Waals surface area contributed by atoms with Crippen molar-refractivity contribution in [3.05, 3.63) is 29.3 Å². The molecule has 0 bridgehead atoms. The number of benzene rings is 1. The molecule has 0 radical (unpaired) electrons. The van der Waals surface area contributed by atoms with E-state index in [4.69, 9.17) is 0 Å². The van der Waals surface area contributed by atoms with Crippen LogP contribution in [0.4, 0.5) is 5.69 Å². The van der Waals surface area contributed by atoms with E-state index in [1.165, 1.54) is 11.1 Å². The molecule has 0 atom stereocenters. The molecule has 0 saturated carbocycles. The van der Waals surface area contributed by atoms with Gasteiger partial charge < -0.3 is 15.1 Å². The number of hydrogen-bond acceptors (Lipinski definition) is 3. The topological polar surface area (TPSA) is 52.7 Å². The highest BCUT2D eigenvalue weighted by Crippen LogP contribution is 2.19. The minimum Gasteiger partial charge on any atom is -0.384 e. The summed E-state index contributed by atoms with van der Waals surface area (Å²) in [7, 11) is 0. The normalized spacial score (nSPS) is 15.0. The number of para-hydroxylation sites is 1. The SMILES string of the molecule is Cc1cccc(C)c1NCCC(=O)N1CCN(C=O)CC1. The third kappa shape index (κ3) is 3.97. The molecule has 5 nitrogen and oxygen atoms in total. The molecule has 1 N–H and O–H groups in total. The fourth-order valence-electron chi connectivity index (χ4n) is 2.62. The Bertz CT molecular complexity index is 488. The number of nitrogens with zero attached hydrogens (tertiary/aromatic N) is 2. The summed E-state index contributed by atoms with van der Waals surface area (Å²) < 4.78 is 0. The van der Waals surface area contributed by atoms with Gasteiger partial charge in [-0.15, -0.1) is 0 Å². The van der Waals surface area contributed by atoms with Crippen molar-refractivity contribution in [3.63, 3.8) is 0 Å². The number of carbonyl (C=O) groups excluding carboxylic acids is 2. The largest absolute Gasteiger partial charge is 0.384 e. The Hall–Kier alpha value is -2.04. The van der Waals surface area contributed by atoms with Crippen molar-refractivity contribution in [3.8, 4) is 0 Å². The molecule has 1 fully saturated rings. The summed E-state index contributed by atoms with van der Waals surface area (Å²) in [5.74, 6) is 0.152. The Morgan fingerprint density at radius 3 is 2.38 bits per heavy atom. The van der Waals surface area contributed by atoms with E-state index in [1.54, 1.807) is 4.90 Å². The lowest BCUT2D eigenvalue weighted by molar-refractivity contribution is -0.134. The Morgan fingerprint density at radius 1 is 1.19 bits per heavy atom. The molecule has 0 spiro atoms. The van der Waals surface area contributed by atoms with Gasteiger partial charge in [-0.25, -0.2) is 0 Å². The first-order valence-corrected chi connectivity index (χ1v) is 7.39. The van der Waals surface area contributed by atoms with Crippen LogP contribution in [0.1, 0.15) is 17.5 Å². The number of piperazine rings is 1. The van der Waals surface area contributed by atoms with Crippen molar-refractivity contribution in [2.45, 2.75) is 20.3 Å². The summed E-state index contributed by atoms with van der Waals surface area (Å²) in [5, 5.41) is 3.36. The van der Waals surface area contributed by atoms with Gasteiger partial charge in [-0.3, -0.25) is 9.59 Å². The molecule has 1 aliphatic rings. The second-order valence-electron chi connectivity index (χ2n) is 5.47. The molecule has 1 aromatic rings. The molecule has 1 saturated heterocycles. The smallest absolute Gasteiger partial charge is 0.224 e. The first-order chi connectivity index (χ1) is 10.1. The van der Waals surface area contributed by atoms with E-state index in [-0.39, 0.29) is 5.91 Å². The maximum Gasteiger partial charge on any atom is 0.224 e. The molecule has 2 rings (SSSR count). The zero-order valence-electron chi connectivity index (χ0n) is 12.8. The molecule has 0 unspecified atom stereocenters. The standard InChI is InChI=1S/C16H23N3O2/c1-13-4-3-5-14(2)16(13)17-7-6-15(21)19-10-8-18(12-20)9-11-19/h3-5,12,17H,6-11H2,1-2H3. The van der Waals surface area contributed by atoms with Crippen LogP contribution in [0.5, 0.6) is 0 Å². The molecule has 5 heteroatoms. The summed E-state index contributed by atoms with van der Waals surface area (Å²) in [6.45, 7) is 7.32. The van der Waals surface area contributed by atoms with Gasteiger partial charge in [0.2, 0.25) is 12.3 Å². The van der Waals surface area contributed by atoms with Crippen LogP contribution in [0.2, 0.25) is 0 Å². The van der Waals surface area contributed by atoms with E-state index in [1.807, 2.05) is 11.0 Å². The number of amides is 2. The summed E-state index contributed by atoms with van der Waals surface area (Å²) in [6, 6.07) is 6.17. The third-order valence-corrected chi connectivity index (χ3v) is 3.94. The summed E-state index contributed by atoms with van der Waals surface area (Å²) in [6.07, 6.45) is 1.33. The highest BCUT2D eigenvalue weighted by atomic mass is 16.2. The Kier molecular flexibility index (Phi) is 5.20. The van der Waals surface area contributed by atoms with Crippen LogP contribution < -0.4 is 5.32 Å². The van der Waals surface area contributed by atoms with Crippen molar-refractivity contribution in [1.82, 2.24) is 9.80 Å². The van der Waals surface area contributed by atoms with Crippen LogP contribution >= 0.6 is 0 Å². The van der Waals surface area contributed by atoms with Gasteiger partial charge in [0.05, 0.1) is 0 Å². The van der Waals surface area contributed by atoms with E-state index < -0.39 is 0 Å². The fourth-order valence-corrected chi connectivity index (χ4v) is 2.62. The van der Waals surface area contributed by atoms with Crippen molar-refractivity contribution >= 4 is 18.0 Å². The van der Waals surface area contributed by atoms with Crippen molar-refractivity contribution in [2.24, 2.45) is 0 Å². The van der Waals surface area contributed by atoms with Crippen LogP contribution in [0.15, 0.2) is 18.2 Å². The number of aryl methyl sites for hydroxylation is 2. The molecular weight excluding hydrogens is 266 g/mol. The van der Waals surface area contributed by atoms with Gasteiger partial charge in [-0.05, 0) is 25.0 Å². The minimum absolute atomic E-state index is 0.152. The second-order valence-corrected chi connectivity index (χ2v) is 5.47. The van der Waals surface area contributed by atoms with E-state index in [9.17, 15) is 9.59 Å². The zero-order valence-corrected chi connectivity index (χ0v) is 12.8. The molecule has 114 valence electrons. The van der Waals surface area contributed by atoms with E-state index >= 15 is 0 Å². The van der Waals surface area contributed by atoms with Gasteiger partial charge >= 0.3 is 0 Å². The molecule has 0 aromatic heterocycles. The molecule has 21 heavy (non-hydrogen) atoms. The van der Waals surface area contributed by atoms with Crippen LogP contribution in [-0.4, -0.2) is 54.8 Å². The van der Waals surface area contributed by atoms with Crippen molar-refractivity contribution < 1.29 is 9.59 Å². The van der Waals surface area contributed by atoms with Gasteiger partial charge in [-0.1, -0.05) is 18.2 Å². The maximum atomic E-state index is 12.1.